The number of anilines is 1. The molecule has 1 amide bonds. The van der Waals surface area contributed by atoms with Crippen molar-refractivity contribution in [1.82, 2.24) is 14.7 Å². The van der Waals surface area contributed by atoms with E-state index in [0.717, 1.165) is 12.1 Å². The topological polar surface area (TPSA) is 73.4 Å². The van der Waals surface area contributed by atoms with Crippen molar-refractivity contribution in [2.75, 3.05) is 26.0 Å². The lowest BCUT2D eigenvalue weighted by Gasteiger charge is -2.21. The number of nitrogens with two attached hydrogens (primary N) is 1. The molecule has 0 spiro atoms. The van der Waals surface area contributed by atoms with Gasteiger partial charge in [0.25, 0.3) is 5.91 Å². The van der Waals surface area contributed by atoms with E-state index < -0.39 is 0 Å². The van der Waals surface area contributed by atoms with Crippen molar-refractivity contribution in [3.8, 4) is 5.69 Å². The fourth-order valence-electron chi connectivity index (χ4n) is 2.44. The third kappa shape index (κ3) is 2.62. The Bertz CT molecular complexity index is 647. The number of aromatic nitrogens is 2. The van der Waals surface area contributed by atoms with Gasteiger partial charge in [-0.15, -0.1) is 0 Å². The average Bonchev–Trinajstić information content (AvgIpc) is 3.17. The molecular formula is C15H18N4O2. The van der Waals surface area contributed by atoms with Crippen LogP contribution in [0.4, 0.5) is 5.69 Å². The molecule has 110 valence electrons. The number of para-hydroxylation sites is 2. The first-order chi connectivity index (χ1) is 10.2. The molecule has 1 unspecified atom stereocenters. The van der Waals surface area contributed by atoms with E-state index in [-0.39, 0.29) is 11.9 Å². The molecule has 0 saturated carbocycles. The maximum absolute atomic E-state index is 12.4. The fraction of sp³-hybridized carbons (Fsp3) is 0.333. The van der Waals surface area contributed by atoms with E-state index in [2.05, 4.69) is 5.10 Å². The molecule has 1 aliphatic heterocycles. The highest BCUT2D eigenvalue weighted by Crippen LogP contribution is 2.17. The zero-order chi connectivity index (χ0) is 14.8. The van der Waals surface area contributed by atoms with Crippen LogP contribution in [0.25, 0.3) is 5.69 Å². The second-order valence-corrected chi connectivity index (χ2v) is 5.14. The minimum Gasteiger partial charge on any atom is -0.397 e. The minimum absolute atomic E-state index is 0.0984. The van der Waals surface area contributed by atoms with E-state index in [4.69, 9.17) is 10.5 Å². The molecule has 2 heterocycles. The number of likely N-dealkylation sites (N-methyl/N-ethyl adjacent to an activating group) is 1. The molecule has 2 N–H and O–H groups in total. The maximum atomic E-state index is 12.4. The molecule has 6 heteroatoms. The Kier molecular flexibility index (Phi) is 3.62. The van der Waals surface area contributed by atoms with Gasteiger partial charge in [-0.05, 0) is 24.6 Å². The molecule has 0 bridgehead atoms. The molecule has 3 rings (SSSR count). The average molecular weight is 286 g/mol. The Labute approximate surface area is 123 Å². The van der Waals surface area contributed by atoms with Crippen LogP contribution in [0.1, 0.15) is 16.9 Å². The Morgan fingerprint density at radius 3 is 2.95 bits per heavy atom. The number of carbonyl (C=O) groups excluding carboxylic acids is 1. The lowest BCUT2D eigenvalue weighted by Crippen LogP contribution is -2.37. The summed E-state index contributed by atoms with van der Waals surface area (Å²) in [7, 11) is 1.79. The Balaban J connectivity index is 1.81. The zero-order valence-corrected chi connectivity index (χ0v) is 11.9. The van der Waals surface area contributed by atoms with Crippen LogP contribution in [-0.4, -0.2) is 46.9 Å². The zero-order valence-electron chi connectivity index (χ0n) is 11.9. The largest absolute Gasteiger partial charge is 0.397 e. The molecule has 21 heavy (non-hydrogen) atoms. The summed E-state index contributed by atoms with van der Waals surface area (Å²) in [4.78, 5) is 14.1. The second kappa shape index (κ2) is 5.57. The van der Waals surface area contributed by atoms with Crippen LogP contribution in [0.15, 0.2) is 36.5 Å². The van der Waals surface area contributed by atoms with Crippen LogP contribution in [-0.2, 0) is 4.74 Å². The van der Waals surface area contributed by atoms with Gasteiger partial charge in [0.15, 0.2) is 5.69 Å². The van der Waals surface area contributed by atoms with Gasteiger partial charge in [0.2, 0.25) is 0 Å². The van der Waals surface area contributed by atoms with E-state index in [1.165, 1.54) is 0 Å². The van der Waals surface area contributed by atoms with Gasteiger partial charge in [-0.1, -0.05) is 12.1 Å². The molecule has 6 nitrogen and oxygen atoms in total. The van der Waals surface area contributed by atoms with Gasteiger partial charge in [0.05, 0.1) is 24.0 Å². The van der Waals surface area contributed by atoms with E-state index in [0.29, 0.717) is 24.6 Å². The van der Waals surface area contributed by atoms with Gasteiger partial charge in [-0.25, -0.2) is 4.68 Å². The highest BCUT2D eigenvalue weighted by Gasteiger charge is 2.26. The molecule has 1 saturated heterocycles. The molecule has 1 aromatic heterocycles. The molecule has 2 aromatic rings. The summed E-state index contributed by atoms with van der Waals surface area (Å²) in [5.41, 5.74) is 7.72. The number of benzene rings is 1. The molecule has 0 aliphatic carbocycles. The van der Waals surface area contributed by atoms with Crippen molar-refractivity contribution in [3.05, 3.63) is 42.2 Å². The highest BCUT2D eigenvalue weighted by atomic mass is 16.5. The molecule has 1 aliphatic rings. The Morgan fingerprint density at radius 2 is 2.24 bits per heavy atom. The van der Waals surface area contributed by atoms with E-state index in [1.807, 2.05) is 18.2 Å². The number of ether oxygens (including phenoxy) is 1. The predicted molar refractivity (Wildman–Crippen MR) is 79.3 cm³/mol. The third-order valence-corrected chi connectivity index (χ3v) is 3.77. The van der Waals surface area contributed by atoms with Crippen LogP contribution in [0.5, 0.6) is 0 Å². The van der Waals surface area contributed by atoms with Gasteiger partial charge in [0, 0.05) is 19.9 Å². The first-order valence-corrected chi connectivity index (χ1v) is 6.92. The van der Waals surface area contributed by atoms with Crippen LogP contribution in [0.3, 0.4) is 0 Å². The normalized spacial score (nSPS) is 17.9. The van der Waals surface area contributed by atoms with Crippen molar-refractivity contribution < 1.29 is 9.53 Å². The van der Waals surface area contributed by atoms with E-state index in [9.17, 15) is 4.79 Å². The van der Waals surface area contributed by atoms with Crippen molar-refractivity contribution in [3.63, 3.8) is 0 Å². The lowest BCUT2D eigenvalue weighted by atomic mass is 10.2. The third-order valence-electron chi connectivity index (χ3n) is 3.77. The minimum atomic E-state index is -0.0984. The molecule has 1 fully saturated rings. The number of nitrogen functional groups attached to an aromatic ring is 1. The predicted octanol–water partition coefficient (Wildman–Crippen LogP) is 1.32. The van der Waals surface area contributed by atoms with Crippen molar-refractivity contribution >= 4 is 11.6 Å². The fourth-order valence-corrected chi connectivity index (χ4v) is 2.44. The number of hydrogen-bond acceptors (Lipinski definition) is 4. The summed E-state index contributed by atoms with van der Waals surface area (Å²) in [6, 6.07) is 9.26. The summed E-state index contributed by atoms with van der Waals surface area (Å²) < 4.78 is 6.95. The van der Waals surface area contributed by atoms with E-state index >= 15 is 0 Å². The van der Waals surface area contributed by atoms with Gasteiger partial charge >= 0.3 is 0 Å². The van der Waals surface area contributed by atoms with Crippen molar-refractivity contribution in [1.29, 1.82) is 0 Å². The maximum Gasteiger partial charge on any atom is 0.274 e. The van der Waals surface area contributed by atoms with Gasteiger partial charge in [-0.3, -0.25) is 4.79 Å². The smallest absolute Gasteiger partial charge is 0.274 e. The van der Waals surface area contributed by atoms with E-state index in [1.54, 1.807) is 35.0 Å². The summed E-state index contributed by atoms with van der Waals surface area (Å²) in [5, 5.41) is 4.34. The summed E-state index contributed by atoms with van der Waals surface area (Å²) in [6.07, 6.45) is 2.62. The quantitative estimate of drug-likeness (QED) is 0.864. The van der Waals surface area contributed by atoms with Crippen LogP contribution < -0.4 is 5.73 Å². The SMILES string of the molecule is CN(C(=O)c1ccn(-c2ccccc2N)n1)C1CCOC1. The van der Waals surface area contributed by atoms with Crippen LogP contribution in [0.2, 0.25) is 0 Å². The first-order valence-electron chi connectivity index (χ1n) is 6.92. The Morgan fingerprint density at radius 1 is 1.43 bits per heavy atom. The number of rotatable bonds is 3. The lowest BCUT2D eigenvalue weighted by molar-refractivity contribution is 0.0705. The van der Waals surface area contributed by atoms with Gasteiger partial charge in [-0.2, -0.15) is 5.10 Å². The summed E-state index contributed by atoms with van der Waals surface area (Å²) >= 11 is 0. The molecule has 1 atom stereocenters. The molecular weight excluding hydrogens is 268 g/mol. The summed E-state index contributed by atoms with van der Waals surface area (Å²) in [6.45, 7) is 1.30. The number of carbonyl (C=O) groups is 1. The van der Waals surface area contributed by atoms with Crippen molar-refractivity contribution in [2.45, 2.75) is 12.5 Å². The first kappa shape index (κ1) is 13.6. The monoisotopic (exact) mass is 286 g/mol. The second-order valence-electron chi connectivity index (χ2n) is 5.14. The number of nitrogens with zero attached hydrogens (tertiary/aromatic N) is 3. The molecule has 0 radical (unpaired) electrons. The molecule has 1 aromatic carbocycles. The number of hydrogen-bond donors (Lipinski definition) is 1. The highest BCUT2D eigenvalue weighted by molar-refractivity contribution is 5.92. The number of amides is 1. The van der Waals surface area contributed by atoms with Crippen LogP contribution >= 0.6 is 0 Å². The van der Waals surface area contributed by atoms with Gasteiger partial charge in [0.1, 0.15) is 0 Å². The standard InChI is InChI=1S/C15H18N4O2/c1-18(11-7-9-21-10-11)15(20)13-6-8-19(17-13)14-5-3-2-4-12(14)16/h2-6,8,11H,7,9-10,16H2,1H3. The van der Waals surface area contributed by atoms with Gasteiger partial charge < -0.3 is 15.4 Å². The Hall–Kier alpha value is -2.34. The van der Waals surface area contributed by atoms with Crippen LogP contribution in [0, 0.1) is 0 Å². The summed E-state index contributed by atoms with van der Waals surface area (Å²) in [5.74, 6) is -0.0984. The van der Waals surface area contributed by atoms with Crippen molar-refractivity contribution in [2.24, 2.45) is 0 Å².